The van der Waals surface area contributed by atoms with Crippen LogP contribution in [0.25, 0.3) is 10.9 Å². The summed E-state index contributed by atoms with van der Waals surface area (Å²) >= 11 is 0. The lowest BCUT2D eigenvalue weighted by Gasteiger charge is -2.33. The molecule has 1 fully saturated rings. The summed E-state index contributed by atoms with van der Waals surface area (Å²) in [5.41, 5.74) is 6.36. The van der Waals surface area contributed by atoms with E-state index in [4.69, 9.17) is 15.7 Å². The second-order valence-electron chi connectivity index (χ2n) is 10.7. The average molecular weight is 579 g/mol. The van der Waals surface area contributed by atoms with Crippen molar-refractivity contribution in [2.75, 3.05) is 13.1 Å². The number of hydrogen-bond donors (Lipinski definition) is 2. The Balaban J connectivity index is 1.55. The third kappa shape index (κ3) is 6.70. The van der Waals surface area contributed by atoms with Crippen LogP contribution in [0.4, 0.5) is 4.39 Å². The maximum Gasteiger partial charge on any atom is 0.243 e. The highest BCUT2D eigenvalue weighted by atomic mass is 32.2. The lowest BCUT2D eigenvalue weighted by atomic mass is 10.1. The maximum absolute atomic E-state index is 15.3. The van der Waals surface area contributed by atoms with Crippen molar-refractivity contribution in [3.63, 3.8) is 0 Å². The fourth-order valence-electron chi connectivity index (χ4n) is 4.06. The van der Waals surface area contributed by atoms with Crippen LogP contribution in [-0.2, 0) is 21.2 Å². The molecular formula is C29H31FN6O4S. The van der Waals surface area contributed by atoms with Gasteiger partial charge in [0.15, 0.2) is 0 Å². The van der Waals surface area contributed by atoms with E-state index in [0.29, 0.717) is 16.6 Å². The number of nitriles is 1. The van der Waals surface area contributed by atoms with Crippen LogP contribution >= 0.6 is 0 Å². The first-order valence-corrected chi connectivity index (χ1v) is 14.3. The minimum Gasteiger partial charge on any atom is -0.456 e. The lowest BCUT2D eigenvalue weighted by molar-refractivity contribution is -0.119. The van der Waals surface area contributed by atoms with Gasteiger partial charge in [-0.05, 0) is 63.6 Å². The highest BCUT2D eigenvalue weighted by molar-refractivity contribution is 7.89. The van der Waals surface area contributed by atoms with Crippen molar-refractivity contribution in [3.05, 3.63) is 71.4 Å². The molecule has 2 aromatic carbocycles. The molecule has 1 aliphatic heterocycles. The molecule has 3 aromatic rings. The monoisotopic (exact) mass is 578 g/mol. The Bertz CT molecular complexity index is 1700. The third-order valence-electron chi connectivity index (χ3n) is 6.38. The topological polar surface area (TPSA) is 151 Å². The first-order chi connectivity index (χ1) is 19.3. The molecular weight excluding hydrogens is 547 g/mol. The molecule has 2 heterocycles. The number of pyridine rings is 1. The van der Waals surface area contributed by atoms with E-state index in [1.165, 1.54) is 48.0 Å². The molecule has 0 atom stereocenters. The number of hydrogen-bond acceptors (Lipinski definition) is 8. The van der Waals surface area contributed by atoms with Gasteiger partial charge in [0.25, 0.3) is 0 Å². The predicted octanol–water partition coefficient (Wildman–Crippen LogP) is 3.95. The van der Waals surface area contributed by atoms with E-state index in [-0.39, 0.29) is 58.5 Å². The number of benzene rings is 2. The van der Waals surface area contributed by atoms with Crippen LogP contribution in [0, 0.1) is 30.0 Å². The maximum atomic E-state index is 15.3. The molecule has 1 aliphatic rings. The highest BCUT2D eigenvalue weighted by Gasteiger charge is 2.37. The largest absolute Gasteiger partial charge is 0.456 e. The number of carbonyl (C=O) groups is 1. The molecule has 0 saturated carbocycles. The second-order valence-corrected chi connectivity index (χ2v) is 12.6. The summed E-state index contributed by atoms with van der Waals surface area (Å²) in [4.78, 5) is 21.2. The van der Waals surface area contributed by atoms with Gasteiger partial charge >= 0.3 is 0 Å². The minimum atomic E-state index is -3.80. The number of aromatic nitrogens is 1. The molecule has 10 nitrogen and oxygen atoms in total. The van der Waals surface area contributed by atoms with Gasteiger partial charge < -0.3 is 15.8 Å². The van der Waals surface area contributed by atoms with Crippen LogP contribution in [0.15, 0.2) is 64.4 Å². The molecule has 1 saturated heterocycles. The first kappa shape index (κ1) is 29.6. The van der Waals surface area contributed by atoms with Crippen molar-refractivity contribution in [2.24, 2.45) is 16.6 Å². The van der Waals surface area contributed by atoms with E-state index in [1.807, 2.05) is 20.8 Å². The van der Waals surface area contributed by atoms with Crippen molar-refractivity contribution in [1.29, 1.82) is 5.26 Å². The van der Waals surface area contributed by atoms with Crippen molar-refractivity contribution < 1.29 is 22.3 Å². The summed E-state index contributed by atoms with van der Waals surface area (Å²) in [5, 5.41) is 12.0. The van der Waals surface area contributed by atoms with Crippen LogP contribution in [0.5, 0.6) is 11.5 Å². The van der Waals surface area contributed by atoms with Gasteiger partial charge in [0.1, 0.15) is 17.3 Å². The van der Waals surface area contributed by atoms with E-state index < -0.39 is 21.7 Å². The number of nitrogens with zero attached hydrogens (tertiary/aromatic N) is 4. The van der Waals surface area contributed by atoms with Crippen LogP contribution in [0.2, 0.25) is 0 Å². The quantitative estimate of drug-likeness (QED) is 0.384. The summed E-state index contributed by atoms with van der Waals surface area (Å²) in [6.45, 7) is 7.51. The van der Waals surface area contributed by atoms with Crippen molar-refractivity contribution >= 4 is 33.0 Å². The molecule has 1 amide bonds. The molecule has 41 heavy (non-hydrogen) atoms. The number of nitrogens with one attached hydrogen (secondary N) is 1. The van der Waals surface area contributed by atoms with Crippen molar-refractivity contribution in [1.82, 2.24) is 14.6 Å². The Kier molecular flexibility index (Phi) is 8.42. The standard InChI is InChI=1S/C29H31FN6O4S/c1-18-25(8-5-20(28(18)30)11-27(37)35-21(14-32)15-34-29(2,3)4)40-26-9-10-33-24-7-6-22(12-23(24)26)41(38,39)36-16-19(13-31)17-36/h5-10,12,14-15,19H,11,16-17,32H2,1-4H3,(H,35,37). The third-order valence-corrected chi connectivity index (χ3v) is 8.21. The number of sulfonamides is 1. The van der Waals surface area contributed by atoms with Gasteiger partial charge in [-0.3, -0.25) is 14.8 Å². The molecule has 0 unspecified atom stereocenters. The summed E-state index contributed by atoms with van der Waals surface area (Å²) in [7, 11) is -3.80. The Morgan fingerprint density at radius 1 is 1.27 bits per heavy atom. The van der Waals surface area contributed by atoms with E-state index in [0.717, 1.165) is 0 Å². The summed E-state index contributed by atoms with van der Waals surface area (Å²) < 4.78 is 48.7. The van der Waals surface area contributed by atoms with Gasteiger partial charge in [0, 0.05) is 42.7 Å². The Hall–Kier alpha value is -4.34. The second kappa shape index (κ2) is 11.6. The molecule has 1 aromatic heterocycles. The Morgan fingerprint density at radius 2 is 2.00 bits per heavy atom. The minimum absolute atomic E-state index is 0.0435. The van der Waals surface area contributed by atoms with Gasteiger partial charge in [-0.1, -0.05) is 6.07 Å². The number of allylic oxidation sites excluding steroid dienone is 1. The van der Waals surface area contributed by atoms with Crippen LogP contribution in [-0.4, -0.2) is 48.5 Å². The van der Waals surface area contributed by atoms with E-state index in [9.17, 15) is 13.2 Å². The van der Waals surface area contributed by atoms with Crippen LogP contribution in [0.3, 0.4) is 0 Å². The molecule has 0 bridgehead atoms. The van der Waals surface area contributed by atoms with Gasteiger partial charge in [-0.25, -0.2) is 12.8 Å². The number of fused-ring (bicyclic) bond motifs is 1. The zero-order valence-corrected chi connectivity index (χ0v) is 24.0. The number of ether oxygens (including phenoxy) is 1. The van der Waals surface area contributed by atoms with E-state index in [1.54, 1.807) is 18.2 Å². The number of carbonyl (C=O) groups excluding carboxylic acids is 1. The van der Waals surface area contributed by atoms with Crippen molar-refractivity contribution in [2.45, 2.75) is 44.6 Å². The van der Waals surface area contributed by atoms with E-state index >= 15 is 4.39 Å². The molecule has 12 heteroatoms. The molecule has 3 N–H and O–H groups in total. The first-order valence-electron chi connectivity index (χ1n) is 12.8. The van der Waals surface area contributed by atoms with Gasteiger partial charge in [0.05, 0.1) is 40.1 Å². The van der Waals surface area contributed by atoms with Crippen LogP contribution in [0.1, 0.15) is 31.9 Å². The van der Waals surface area contributed by atoms with Gasteiger partial charge in [-0.15, -0.1) is 0 Å². The Morgan fingerprint density at radius 3 is 2.66 bits per heavy atom. The predicted molar refractivity (Wildman–Crippen MR) is 153 cm³/mol. The molecule has 0 radical (unpaired) electrons. The number of rotatable bonds is 8. The number of aliphatic imine (C=N–C) groups is 1. The number of halogens is 1. The smallest absolute Gasteiger partial charge is 0.243 e. The normalized spacial score (nSPS) is 15.1. The lowest BCUT2D eigenvalue weighted by Crippen LogP contribution is -2.49. The molecule has 0 aliphatic carbocycles. The summed E-state index contributed by atoms with van der Waals surface area (Å²) in [6.07, 6.45) is 3.94. The summed E-state index contributed by atoms with van der Waals surface area (Å²) in [6, 6.07) is 11.1. The highest BCUT2D eigenvalue weighted by Crippen LogP contribution is 2.34. The molecule has 4 rings (SSSR count). The number of amides is 1. The Labute approximate surface area is 238 Å². The fraction of sp³-hybridized carbons (Fsp3) is 0.310. The summed E-state index contributed by atoms with van der Waals surface area (Å²) in [5.74, 6) is -0.905. The van der Waals surface area contributed by atoms with Gasteiger partial charge in [-0.2, -0.15) is 9.57 Å². The SMILES string of the molecule is Cc1c(Oc2ccnc3ccc(S(=O)(=O)N4CC(C#N)C4)cc23)ccc(CC(=O)NC(C=NC(C)(C)C)=CN)c1F. The zero-order chi connectivity index (χ0) is 29.9. The molecule has 0 spiro atoms. The van der Waals surface area contributed by atoms with Crippen LogP contribution < -0.4 is 15.8 Å². The number of nitrogens with two attached hydrogens (primary N) is 1. The van der Waals surface area contributed by atoms with Gasteiger partial charge in [0.2, 0.25) is 15.9 Å². The van der Waals surface area contributed by atoms with E-state index in [2.05, 4.69) is 21.4 Å². The average Bonchev–Trinajstić information content (AvgIpc) is 2.89. The fourth-order valence-corrected chi connectivity index (χ4v) is 5.62. The molecule has 214 valence electrons. The zero-order valence-electron chi connectivity index (χ0n) is 23.2. The van der Waals surface area contributed by atoms with Crippen molar-refractivity contribution in [3.8, 4) is 17.6 Å².